The number of amides is 1. The van der Waals surface area contributed by atoms with Crippen LogP contribution < -0.4 is 14.8 Å². The number of carbonyl (C=O) groups excluding carboxylic acids is 1. The van der Waals surface area contributed by atoms with Crippen LogP contribution in [0.25, 0.3) is 0 Å². The van der Waals surface area contributed by atoms with Crippen molar-refractivity contribution in [1.29, 1.82) is 0 Å². The van der Waals surface area contributed by atoms with E-state index < -0.39 is 10.0 Å². The normalized spacial score (nSPS) is 11.0. The number of halogens is 1. The molecular formula is C22H21ClN2O4S2. The lowest BCUT2D eigenvalue weighted by Crippen LogP contribution is -2.16. The Balaban J connectivity index is 1.61. The molecule has 0 atom stereocenters. The van der Waals surface area contributed by atoms with Gasteiger partial charge < -0.3 is 10.1 Å². The summed E-state index contributed by atoms with van der Waals surface area (Å²) in [6.07, 6.45) is 0. The van der Waals surface area contributed by atoms with Gasteiger partial charge in [0.1, 0.15) is 5.75 Å². The predicted molar refractivity (Wildman–Crippen MR) is 126 cm³/mol. The highest BCUT2D eigenvalue weighted by atomic mass is 35.5. The number of benzene rings is 3. The molecule has 6 nitrogen and oxygen atoms in total. The van der Waals surface area contributed by atoms with E-state index in [9.17, 15) is 13.2 Å². The maximum Gasteiger partial charge on any atom is 0.262 e. The first-order valence-corrected chi connectivity index (χ1v) is 12.3. The molecular weight excluding hydrogens is 456 g/mol. The Kier molecular flexibility index (Phi) is 7.84. The highest BCUT2D eigenvalue weighted by Crippen LogP contribution is 2.27. The van der Waals surface area contributed by atoms with Gasteiger partial charge in [0.25, 0.3) is 10.0 Å². The smallest absolute Gasteiger partial charge is 0.262 e. The van der Waals surface area contributed by atoms with E-state index >= 15 is 0 Å². The lowest BCUT2D eigenvalue weighted by Gasteiger charge is -2.12. The fourth-order valence-electron chi connectivity index (χ4n) is 2.71. The Labute approximate surface area is 191 Å². The Morgan fingerprint density at radius 2 is 1.77 bits per heavy atom. The first-order chi connectivity index (χ1) is 14.9. The summed E-state index contributed by atoms with van der Waals surface area (Å²) in [4.78, 5) is 12.3. The van der Waals surface area contributed by atoms with Crippen molar-refractivity contribution in [3.05, 3.63) is 83.4 Å². The topological polar surface area (TPSA) is 84.5 Å². The van der Waals surface area contributed by atoms with E-state index in [1.165, 1.54) is 31.0 Å². The molecule has 0 aliphatic carbocycles. The molecule has 1 amide bonds. The van der Waals surface area contributed by atoms with Crippen LogP contribution in [-0.2, 0) is 20.6 Å². The monoisotopic (exact) mass is 476 g/mol. The summed E-state index contributed by atoms with van der Waals surface area (Å²) in [6.45, 7) is 0. The summed E-state index contributed by atoms with van der Waals surface area (Å²) in [5.74, 6) is 1.10. The summed E-state index contributed by atoms with van der Waals surface area (Å²) < 4.78 is 33.2. The van der Waals surface area contributed by atoms with E-state index in [1.807, 2.05) is 24.3 Å². The first-order valence-electron chi connectivity index (χ1n) is 9.25. The molecule has 2 N–H and O–H groups in total. The Morgan fingerprint density at radius 3 is 2.52 bits per heavy atom. The molecule has 0 radical (unpaired) electrons. The lowest BCUT2D eigenvalue weighted by atomic mass is 10.2. The van der Waals surface area contributed by atoms with Crippen LogP contribution in [-0.4, -0.2) is 27.2 Å². The fraction of sp³-hybridized carbons (Fsp3) is 0.136. The van der Waals surface area contributed by atoms with Crippen LogP contribution in [0.5, 0.6) is 5.75 Å². The third kappa shape index (κ3) is 6.65. The number of sulfonamides is 1. The quantitative estimate of drug-likeness (QED) is 0.453. The van der Waals surface area contributed by atoms with E-state index in [0.29, 0.717) is 27.9 Å². The molecule has 31 heavy (non-hydrogen) atoms. The van der Waals surface area contributed by atoms with Crippen LogP contribution in [0, 0.1) is 0 Å². The van der Waals surface area contributed by atoms with Gasteiger partial charge in [-0.15, -0.1) is 11.8 Å². The van der Waals surface area contributed by atoms with Gasteiger partial charge in [-0.1, -0.05) is 41.9 Å². The van der Waals surface area contributed by atoms with Crippen molar-refractivity contribution in [3.63, 3.8) is 0 Å². The molecule has 0 fully saturated rings. The van der Waals surface area contributed by atoms with Gasteiger partial charge in [-0.2, -0.15) is 0 Å². The van der Waals surface area contributed by atoms with Crippen molar-refractivity contribution in [3.8, 4) is 5.75 Å². The lowest BCUT2D eigenvalue weighted by molar-refractivity contribution is -0.113. The Morgan fingerprint density at radius 1 is 1.03 bits per heavy atom. The second-order valence-corrected chi connectivity index (χ2v) is 9.61. The van der Waals surface area contributed by atoms with Gasteiger partial charge in [0.2, 0.25) is 5.91 Å². The van der Waals surface area contributed by atoms with Crippen molar-refractivity contribution >= 4 is 50.7 Å². The van der Waals surface area contributed by atoms with E-state index in [1.54, 1.807) is 36.4 Å². The number of hydrogen-bond donors (Lipinski definition) is 2. The molecule has 0 bridgehead atoms. The van der Waals surface area contributed by atoms with Crippen LogP contribution in [0.1, 0.15) is 5.56 Å². The van der Waals surface area contributed by atoms with Gasteiger partial charge in [0.05, 0.1) is 23.4 Å². The maximum absolute atomic E-state index is 12.8. The molecule has 162 valence electrons. The molecule has 3 aromatic rings. The molecule has 3 rings (SSSR count). The fourth-order valence-corrected chi connectivity index (χ4v) is 4.74. The highest BCUT2D eigenvalue weighted by molar-refractivity contribution is 7.99. The van der Waals surface area contributed by atoms with E-state index in [-0.39, 0.29) is 16.6 Å². The average Bonchev–Trinajstić information content (AvgIpc) is 2.75. The highest BCUT2D eigenvalue weighted by Gasteiger charge is 2.17. The van der Waals surface area contributed by atoms with Crippen LogP contribution in [0.2, 0.25) is 5.02 Å². The molecule has 9 heteroatoms. The number of methoxy groups -OCH3 is 1. The first kappa shape index (κ1) is 23.0. The minimum atomic E-state index is -3.86. The number of nitrogens with one attached hydrogen (secondary N) is 2. The molecule has 0 saturated heterocycles. The number of anilines is 2. The van der Waals surface area contributed by atoms with Crippen molar-refractivity contribution in [2.75, 3.05) is 22.9 Å². The summed E-state index contributed by atoms with van der Waals surface area (Å²) in [5.41, 5.74) is 1.80. The number of carbonyl (C=O) groups is 1. The third-order valence-corrected chi connectivity index (χ3v) is 6.81. The Bertz CT molecular complexity index is 1150. The van der Waals surface area contributed by atoms with Crippen molar-refractivity contribution < 1.29 is 17.9 Å². The van der Waals surface area contributed by atoms with Crippen LogP contribution in [0.3, 0.4) is 0 Å². The summed E-state index contributed by atoms with van der Waals surface area (Å²) >= 11 is 7.32. The number of ether oxygens (including phenoxy) is 1. The molecule has 0 unspecified atom stereocenters. The minimum Gasteiger partial charge on any atom is -0.495 e. The molecule has 0 heterocycles. The van der Waals surface area contributed by atoms with Crippen molar-refractivity contribution in [2.45, 2.75) is 10.6 Å². The van der Waals surface area contributed by atoms with Gasteiger partial charge in [-0.25, -0.2) is 8.42 Å². The number of hydrogen-bond acceptors (Lipinski definition) is 5. The van der Waals surface area contributed by atoms with Gasteiger partial charge in [-0.3, -0.25) is 9.52 Å². The average molecular weight is 477 g/mol. The third-order valence-electron chi connectivity index (χ3n) is 4.19. The zero-order valence-electron chi connectivity index (χ0n) is 16.7. The second-order valence-electron chi connectivity index (χ2n) is 6.50. The largest absolute Gasteiger partial charge is 0.495 e. The zero-order chi connectivity index (χ0) is 22.3. The van der Waals surface area contributed by atoms with Crippen LogP contribution >= 0.6 is 23.4 Å². The van der Waals surface area contributed by atoms with Crippen LogP contribution in [0.15, 0.2) is 77.7 Å². The van der Waals surface area contributed by atoms with Gasteiger partial charge in [-0.05, 0) is 48.0 Å². The molecule has 0 spiro atoms. The van der Waals surface area contributed by atoms with E-state index in [0.717, 1.165) is 5.56 Å². The van der Waals surface area contributed by atoms with E-state index in [2.05, 4.69) is 10.0 Å². The van der Waals surface area contributed by atoms with Gasteiger partial charge in [0, 0.05) is 16.5 Å². The molecule has 0 aliphatic rings. The van der Waals surface area contributed by atoms with Gasteiger partial charge in [0.15, 0.2) is 0 Å². The standard InChI is InChI=1S/C22H21ClN2O4S2/c1-29-21-8-3-2-7-20(21)25-31(27,28)19-6-4-5-18(13-19)24-22(26)15-30-14-16-9-11-17(23)12-10-16/h2-13,25H,14-15H2,1H3,(H,24,26). The maximum atomic E-state index is 12.8. The summed E-state index contributed by atoms with van der Waals surface area (Å²) in [6, 6.07) is 20.3. The molecule has 0 saturated carbocycles. The summed E-state index contributed by atoms with van der Waals surface area (Å²) in [5, 5.41) is 3.41. The minimum absolute atomic E-state index is 0.0324. The van der Waals surface area contributed by atoms with Gasteiger partial charge >= 0.3 is 0 Å². The molecule has 0 aromatic heterocycles. The molecule has 0 aliphatic heterocycles. The van der Waals surface area contributed by atoms with E-state index in [4.69, 9.17) is 16.3 Å². The number of thioether (sulfide) groups is 1. The second kappa shape index (κ2) is 10.6. The number of para-hydroxylation sites is 2. The zero-order valence-corrected chi connectivity index (χ0v) is 19.1. The van der Waals surface area contributed by atoms with Crippen molar-refractivity contribution in [1.82, 2.24) is 0 Å². The Hall–Kier alpha value is -2.68. The van der Waals surface area contributed by atoms with Crippen LogP contribution in [0.4, 0.5) is 11.4 Å². The summed E-state index contributed by atoms with van der Waals surface area (Å²) in [7, 11) is -2.39. The predicted octanol–water partition coefficient (Wildman–Crippen LogP) is 5.02. The SMILES string of the molecule is COc1ccccc1NS(=O)(=O)c1cccc(NC(=O)CSCc2ccc(Cl)cc2)c1. The van der Waals surface area contributed by atoms with Crippen molar-refractivity contribution in [2.24, 2.45) is 0 Å². The molecule has 3 aromatic carbocycles. The number of rotatable bonds is 9.